The van der Waals surface area contributed by atoms with Crippen LogP contribution in [0.3, 0.4) is 0 Å². The van der Waals surface area contributed by atoms with Gasteiger partial charge in [-0.1, -0.05) is 13.3 Å². The first-order valence-electron chi connectivity index (χ1n) is 5.12. The second-order valence-electron chi connectivity index (χ2n) is 4.29. The van der Waals surface area contributed by atoms with E-state index >= 15 is 0 Å². The van der Waals surface area contributed by atoms with Crippen molar-refractivity contribution in [2.75, 3.05) is 6.54 Å². The molecule has 0 aromatic carbocycles. The average Bonchev–Trinajstić information content (AvgIpc) is 2.68. The molecule has 2 rings (SSSR count). The highest BCUT2D eigenvalue weighted by molar-refractivity contribution is 4.85. The highest BCUT2D eigenvalue weighted by atomic mass is 14.9. The third-order valence-corrected chi connectivity index (χ3v) is 3.18. The number of hydrogen-bond acceptors (Lipinski definition) is 1. The van der Waals surface area contributed by atoms with Gasteiger partial charge in [-0.2, -0.15) is 0 Å². The minimum atomic E-state index is 0.913. The number of nitrogens with one attached hydrogen (secondary N) is 1. The van der Waals surface area contributed by atoms with Crippen LogP contribution in [-0.4, -0.2) is 12.6 Å². The van der Waals surface area contributed by atoms with Gasteiger partial charge in [-0.25, -0.2) is 0 Å². The van der Waals surface area contributed by atoms with Gasteiger partial charge in [0.1, 0.15) is 0 Å². The van der Waals surface area contributed by atoms with Gasteiger partial charge in [0.05, 0.1) is 0 Å². The Morgan fingerprint density at radius 1 is 1.18 bits per heavy atom. The van der Waals surface area contributed by atoms with Gasteiger partial charge in [0, 0.05) is 6.04 Å². The third kappa shape index (κ3) is 1.96. The maximum Gasteiger partial charge on any atom is 0.00683 e. The molecule has 11 heavy (non-hydrogen) atoms. The molecule has 1 heteroatoms. The van der Waals surface area contributed by atoms with Crippen LogP contribution in [0, 0.1) is 11.8 Å². The van der Waals surface area contributed by atoms with E-state index in [2.05, 4.69) is 12.2 Å². The quantitative estimate of drug-likeness (QED) is 0.652. The fourth-order valence-corrected chi connectivity index (χ4v) is 1.99. The zero-order valence-electron chi connectivity index (χ0n) is 7.47. The summed E-state index contributed by atoms with van der Waals surface area (Å²) in [7, 11) is 0. The number of rotatable bonds is 4. The van der Waals surface area contributed by atoms with Crippen molar-refractivity contribution in [2.45, 2.75) is 45.1 Å². The largest absolute Gasteiger partial charge is 0.314 e. The summed E-state index contributed by atoms with van der Waals surface area (Å²) in [5.41, 5.74) is 0. The summed E-state index contributed by atoms with van der Waals surface area (Å²) in [6.07, 6.45) is 7.26. The van der Waals surface area contributed by atoms with Crippen molar-refractivity contribution in [2.24, 2.45) is 11.8 Å². The maximum absolute atomic E-state index is 3.60. The molecule has 2 aliphatic carbocycles. The Bertz CT molecular complexity index is 123. The van der Waals surface area contributed by atoms with Crippen LogP contribution in [0.15, 0.2) is 0 Å². The van der Waals surface area contributed by atoms with Crippen LogP contribution >= 0.6 is 0 Å². The predicted octanol–water partition coefficient (Wildman–Crippen LogP) is 2.17. The summed E-state index contributed by atoms with van der Waals surface area (Å²) < 4.78 is 0. The van der Waals surface area contributed by atoms with Crippen molar-refractivity contribution in [3.8, 4) is 0 Å². The Labute approximate surface area is 69.6 Å². The molecule has 0 bridgehead atoms. The highest BCUT2D eigenvalue weighted by Gasteiger charge is 2.29. The van der Waals surface area contributed by atoms with Gasteiger partial charge in [0.25, 0.3) is 0 Å². The molecule has 0 heterocycles. The maximum atomic E-state index is 3.60. The third-order valence-electron chi connectivity index (χ3n) is 3.18. The van der Waals surface area contributed by atoms with Crippen LogP contribution in [0.4, 0.5) is 0 Å². The van der Waals surface area contributed by atoms with E-state index in [0.29, 0.717) is 0 Å². The Morgan fingerprint density at radius 3 is 2.45 bits per heavy atom. The molecular weight excluding hydrogens is 134 g/mol. The Hall–Kier alpha value is -0.0400. The van der Waals surface area contributed by atoms with E-state index < -0.39 is 0 Å². The van der Waals surface area contributed by atoms with E-state index in [9.17, 15) is 0 Å². The molecule has 0 amide bonds. The Morgan fingerprint density at radius 2 is 1.91 bits per heavy atom. The van der Waals surface area contributed by atoms with E-state index in [0.717, 1.165) is 17.9 Å². The van der Waals surface area contributed by atoms with Crippen molar-refractivity contribution in [3.63, 3.8) is 0 Å². The van der Waals surface area contributed by atoms with Gasteiger partial charge < -0.3 is 5.32 Å². The monoisotopic (exact) mass is 153 g/mol. The minimum Gasteiger partial charge on any atom is -0.314 e. The molecule has 0 radical (unpaired) electrons. The number of hydrogen-bond donors (Lipinski definition) is 1. The molecule has 0 saturated heterocycles. The van der Waals surface area contributed by atoms with Crippen LogP contribution in [-0.2, 0) is 0 Å². The summed E-state index contributed by atoms with van der Waals surface area (Å²) in [5.74, 6) is 2.10. The molecule has 2 fully saturated rings. The summed E-state index contributed by atoms with van der Waals surface area (Å²) in [6.45, 7) is 3.62. The van der Waals surface area contributed by atoms with Crippen molar-refractivity contribution >= 4 is 0 Å². The van der Waals surface area contributed by atoms with E-state index in [4.69, 9.17) is 0 Å². The molecule has 0 unspecified atom stereocenters. The van der Waals surface area contributed by atoms with Crippen molar-refractivity contribution in [1.82, 2.24) is 5.32 Å². The minimum absolute atomic E-state index is 0.913. The highest BCUT2D eigenvalue weighted by Crippen LogP contribution is 2.35. The smallest absolute Gasteiger partial charge is 0.00683 e. The van der Waals surface area contributed by atoms with E-state index in [1.807, 2.05) is 0 Å². The van der Waals surface area contributed by atoms with E-state index in [1.54, 1.807) is 0 Å². The normalized spacial score (nSPS) is 36.8. The lowest BCUT2D eigenvalue weighted by Gasteiger charge is -2.34. The average molecular weight is 153 g/mol. The van der Waals surface area contributed by atoms with Crippen LogP contribution in [0.25, 0.3) is 0 Å². The summed E-state index contributed by atoms with van der Waals surface area (Å²) in [6, 6.07) is 0.913. The molecule has 0 aliphatic heterocycles. The molecule has 2 saturated carbocycles. The van der Waals surface area contributed by atoms with Crippen LogP contribution in [0.5, 0.6) is 0 Å². The predicted molar refractivity (Wildman–Crippen MR) is 47.5 cm³/mol. The molecular formula is C10H19N. The second-order valence-corrected chi connectivity index (χ2v) is 4.29. The molecule has 1 nitrogen and oxygen atoms in total. The van der Waals surface area contributed by atoms with Crippen molar-refractivity contribution in [3.05, 3.63) is 0 Å². The summed E-state index contributed by atoms with van der Waals surface area (Å²) in [5, 5.41) is 3.60. The van der Waals surface area contributed by atoms with Gasteiger partial charge in [-0.3, -0.25) is 0 Å². The lowest BCUT2D eigenvalue weighted by atomic mass is 9.73. The van der Waals surface area contributed by atoms with Crippen LogP contribution in [0.1, 0.15) is 39.0 Å². The Kier molecular flexibility index (Phi) is 2.17. The second kappa shape index (κ2) is 3.14. The molecule has 2 aliphatic rings. The first-order valence-corrected chi connectivity index (χ1v) is 5.12. The zero-order valence-corrected chi connectivity index (χ0v) is 7.47. The lowest BCUT2D eigenvalue weighted by Crippen LogP contribution is -2.33. The van der Waals surface area contributed by atoms with Crippen LogP contribution < -0.4 is 5.32 Å². The first kappa shape index (κ1) is 7.60. The molecule has 64 valence electrons. The van der Waals surface area contributed by atoms with Crippen LogP contribution in [0.2, 0.25) is 0 Å². The summed E-state index contributed by atoms with van der Waals surface area (Å²) >= 11 is 0. The molecule has 0 atom stereocenters. The zero-order chi connectivity index (χ0) is 7.68. The molecule has 0 aromatic heterocycles. The molecule has 0 spiro atoms. The van der Waals surface area contributed by atoms with Gasteiger partial charge >= 0.3 is 0 Å². The van der Waals surface area contributed by atoms with E-state index in [1.165, 1.54) is 38.6 Å². The summed E-state index contributed by atoms with van der Waals surface area (Å²) in [4.78, 5) is 0. The van der Waals surface area contributed by atoms with Crippen molar-refractivity contribution in [1.29, 1.82) is 0 Å². The van der Waals surface area contributed by atoms with Gasteiger partial charge in [-0.15, -0.1) is 0 Å². The SMILES string of the molecule is CCC1CC(CNC2CC2)C1. The fourth-order valence-electron chi connectivity index (χ4n) is 1.99. The van der Waals surface area contributed by atoms with Gasteiger partial charge in [0.15, 0.2) is 0 Å². The van der Waals surface area contributed by atoms with Gasteiger partial charge in [0.2, 0.25) is 0 Å². The van der Waals surface area contributed by atoms with E-state index in [-0.39, 0.29) is 0 Å². The topological polar surface area (TPSA) is 12.0 Å². The fraction of sp³-hybridized carbons (Fsp3) is 1.00. The molecule has 1 N–H and O–H groups in total. The lowest BCUT2D eigenvalue weighted by molar-refractivity contribution is 0.183. The Balaban J connectivity index is 1.52. The van der Waals surface area contributed by atoms with Gasteiger partial charge in [-0.05, 0) is 44.1 Å². The molecule has 0 aromatic rings. The standard InChI is InChI=1S/C10H19N/c1-2-8-5-9(6-8)7-11-10-3-4-10/h8-11H,2-7H2,1H3. The van der Waals surface area contributed by atoms with Crippen molar-refractivity contribution < 1.29 is 0 Å². The first-order chi connectivity index (χ1) is 5.38.